The summed E-state index contributed by atoms with van der Waals surface area (Å²) in [5.74, 6) is 0.167. The van der Waals surface area contributed by atoms with Crippen LogP contribution < -0.4 is 10.3 Å². The van der Waals surface area contributed by atoms with E-state index in [9.17, 15) is 19.2 Å². The van der Waals surface area contributed by atoms with Crippen LogP contribution in [-0.2, 0) is 22.6 Å². The Morgan fingerprint density at radius 1 is 0.919 bits per heavy atom. The number of pyridine rings is 1. The smallest absolute Gasteiger partial charge is 0.332 e. The van der Waals surface area contributed by atoms with Gasteiger partial charge in [-0.25, -0.2) is 4.79 Å². The molecule has 4 heterocycles. The molecule has 2 bridgehead atoms. The number of aromatic nitrogens is 1. The van der Waals surface area contributed by atoms with Gasteiger partial charge in [-0.05, 0) is 56.4 Å². The van der Waals surface area contributed by atoms with Crippen LogP contribution in [0.25, 0.3) is 0 Å². The molecule has 1 aromatic carbocycles. The molecule has 9 heteroatoms. The summed E-state index contributed by atoms with van der Waals surface area (Å²) in [7, 11) is 2.88. The highest BCUT2D eigenvalue weighted by atomic mass is 16.5. The van der Waals surface area contributed by atoms with Crippen LogP contribution in [0.15, 0.2) is 47.3 Å². The summed E-state index contributed by atoms with van der Waals surface area (Å²) < 4.78 is 7.61. The maximum Gasteiger partial charge on any atom is 0.332 e. The van der Waals surface area contributed by atoms with Crippen LogP contribution in [-0.4, -0.2) is 76.9 Å². The number of ether oxygens (including phenoxy) is 1. The number of imide groups is 2. The Kier molecular flexibility index (Phi) is 6.43. The SMILES string of the molecule is CC(C)Oc1ccc(CC2(CN3CC4CC(C3)c3cccc(=O)n3C4)C(=O)N(C)C(=O)N(C)C2=O)cc1. The van der Waals surface area contributed by atoms with Gasteiger partial charge in [-0.2, -0.15) is 0 Å². The van der Waals surface area contributed by atoms with Crippen molar-refractivity contribution in [1.82, 2.24) is 19.3 Å². The number of likely N-dealkylation sites (tertiary alicyclic amines) is 1. The summed E-state index contributed by atoms with van der Waals surface area (Å²) in [5, 5.41) is 0. The van der Waals surface area contributed by atoms with Crippen molar-refractivity contribution in [2.75, 3.05) is 33.7 Å². The topological polar surface area (TPSA) is 92.2 Å². The summed E-state index contributed by atoms with van der Waals surface area (Å²) in [6.45, 7) is 6.07. The van der Waals surface area contributed by atoms with Crippen molar-refractivity contribution < 1.29 is 19.1 Å². The predicted molar refractivity (Wildman–Crippen MR) is 137 cm³/mol. The molecular formula is C28H34N4O5. The first-order valence-corrected chi connectivity index (χ1v) is 12.9. The first kappa shape index (κ1) is 25.2. The zero-order valence-corrected chi connectivity index (χ0v) is 21.8. The Morgan fingerprint density at radius 3 is 2.24 bits per heavy atom. The van der Waals surface area contributed by atoms with E-state index in [1.165, 1.54) is 14.1 Å². The number of hydrogen-bond donors (Lipinski definition) is 0. The molecule has 2 fully saturated rings. The van der Waals surface area contributed by atoms with Crippen LogP contribution in [0.2, 0.25) is 0 Å². The summed E-state index contributed by atoms with van der Waals surface area (Å²) in [4.78, 5) is 56.9. The van der Waals surface area contributed by atoms with E-state index in [1.54, 1.807) is 12.1 Å². The summed E-state index contributed by atoms with van der Waals surface area (Å²) in [6.07, 6.45) is 1.19. The number of fused-ring (bicyclic) bond motifs is 4. The van der Waals surface area contributed by atoms with Gasteiger partial charge in [0.2, 0.25) is 11.8 Å². The molecule has 0 N–H and O–H groups in total. The average Bonchev–Trinajstić information content (AvgIpc) is 2.87. The number of urea groups is 1. The second kappa shape index (κ2) is 9.45. The lowest BCUT2D eigenvalue weighted by Crippen LogP contribution is -2.67. The molecule has 2 atom stereocenters. The fourth-order valence-corrected chi connectivity index (χ4v) is 6.29. The standard InChI is InChI=1S/C28H34N4O5/c1-18(2)37-22-10-8-19(9-11-22)13-28(25(34)29(3)27(36)30(4)26(28)35)17-31-14-20-12-21(16-31)23-6-5-7-24(33)32(23)15-20/h5-11,18,20-21H,12-17H2,1-4H3. The van der Waals surface area contributed by atoms with Crippen molar-refractivity contribution in [1.29, 1.82) is 0 Å². The Labute approximate surface area is 216 Å². The minimum Gasteiger partial charge on any atom is -0.491 e. The minimum atomic E-state index is -1.43. The normalized spacial score (nSPS) is 23.4. The molecule has 0 aliphatic carbocycles. The Morgan fingerprint density at radius 2 is 1.59 bits per heavy atom. The van der Waals surface area contributed by atoms with Gasteiger partial charge < -0.3 is 14.2 Å². The van der Waals surface area contributed by atoms with Crippen LogP contribution in [0.5, 0.6) is 5.75 Å². The van der Waals surface area contributed by atoms with Crippen LogP contribution >= 0.6 is 0 Å². The van der Waals surface area contributed by atoms with Gasteiger partial charge in [-0.15, -0.1) is 0 Å². The first-order valence-electron chi connectivity index (χ1n) is 12.9. The molecule has 2 aromatic rings. The monoisotopic (exact) mass is 506 g/mol. The molecule has 37 heavy (non-hydrogen) atoms. The van der Waals surface area contributed by atoms with E-state index < -0.39 is 23.3 Å². The molecule has 9 nitrogen and oxygen atoms in total. The van der Waals surface area contributed by atoms with Crippen molar-refractivity contribution in [3.8, 4) is 5.75 Å². The maximum atomic E-state index is 13.8. The zero-order valence-electron chi connectivity index (χ0n) is 21.8. The largest absolute Gasteiger partial charge is 0.491 e. The lowest BCUT2D eigenvalue weighted by Gasteiger charge is -2.48. The molecule has 1 aromatic heterocycles. The van der Waals surface area contributed by atoms with Crippen LogP contribution in [0.4, 0.5) is 4.79 Å². The van der Waals surface area contributed by atoms with Gasteiger partial charge in [0.15, 0.2) is 0 Å². The summed E-state index contributed by atoms with van der Waals surface area (Å²) >= 11 is 0. The molecule has 3 aliphatic rings. The Hall–Kier alpha value is -3.46. The fourth-order valence-electron chi connectivity index (χ4n) is 6.29. The minimum absolute atomic E-state index is 0.0152. The highest BCUT2D eigenvalue weighted by Gasteiger charge is 2.56. The second-order valence-corrected chi connectivity index (χ2v) is 11.0. The lowest BCUT2D eigenvalue weighted by molar-refractivity contribution is -0.159. The zero-order chi connectivity index (χ0) is 26.5. The molecular weight excluding hydrogens is 472 g/mol. The van der Waals surface area contributed by atoms with Gasteiger partial charge in [0.1, 0.15) is 11.2 Å². The molecule has 0 saturated carbocycles. The number of barbiturate groups is 1. The van der Waals surface area contributed by atoms with Gasteiger partial charge in [-0.3, -0.25) is 24.2 Å². The average molecular weight is 507 g/mol. The highest BCUT2D eigenvalue weighted by molar-refractivity contribution is 6.19. The van der Waals surface area contributed by atoms with E-state index in [-0.39, 0.29) is 36.5 Å². The quantitative estimate of drug-likeness (QED) is 0.559. The van der Waals surface area contributed by atoms with Gasteiger partial charge >= 0.3 is 6.03 Å². The van der Waals surface area contributed by atoms with Crippen molar-refractivity contribution >= 4 is 17.8 Å². The van der Waals surface area contributed by atoms with Crippen molar-refractivity contribution in [3.63, 3.8) is 0 Å². The molecule has 0 radical (unpaired) electrons. The van der Waals surface area contributed by atoms with E-state index in [0.717, 1.165) is 33.2 Å². The molecule has 2 unspecified atom stereocenters. The number of piperidine rings is 1. The molecule has 2 saturated heterocycles. The molecule has 196 valence electrons. The van der Waals surface area contributed by atoms with Gasteiger partial charge in [-0.1, -0.05) is 18.2 Å². The van der Waals surface area contributed by atoms with Gasteiger partial charge in [0, 0.05) is 58.0 Å². The van der Waals surface area contributed by atoms with E-state index in [1.807, 2.05) is 48.7 Å². The second-order valence-electron chi connectivity index (χ2n) is 11.0. The maximum absolute atomic E-state index is 13.8. The van der Waals surface area contributed by atoms with Crippen molar-refractivity contribution in [2.45, 2.75) is 45.3 Å². The molecule has 5 rings (SSSR count). The molecule has 3 aliphatic heterocycles. The van der Waals surface area contributed by atoms with E-state index in [4.69, 9.17) is 4.74 Å². The first-order chi connectivity index (χ1) is 17.6. The number of benzene rings is 1. The van der Waals surface area contributed by atoms with Crippen LogP contribution in [0.3, 0.4) is 0 Å². The van der Waals surface area contributed by atoms with Crippen molar-refractivity contribution in [2.24, 2.45) is 11.3 Å². The van der Waals surface area contributed by atoms with E-state index >= 15 is 0 Å². The van der Waals surface area contributed by atoms with Gasteiger partial charge in [0.05, 0.1) is 6.10 Å². The third-order valence-corrected chi connectivity index (χ3v) is 7.85. The number of nitrogens with zero attached hydrogens (tertiary/aromatic N) is 4. The number of amides is 4. The fraction of sp³-hybridized carbons (Fsp3) is 0.500. The third-order valence-electron chi connectivity index (χ3n) is 7.85. The molecule has 0 spiro atoms. The summed E-state index contributed by atoms with van der Waals surface area (Å²) in [6, 6.07) is 12.2. The lowest BCUT2D eigenvalue weighted by atomic mass is 9.75. The number of carbonyl (C=O) groups is 3. The van der Waals surface area contributed by atoms with Crippen LogP contribution in [0, 0.1) is 11.3 Å². The third kappa shape index (κ3) is 4.45. The van der Waals surface area contributed by atoms with Crippen molar-refractivity contribution in [3.05, 3.63) is 64.1 Å². The molecule has 4 amide bonds. The van der Waals surface area contributed by atoms with Gasteiger partial charge in [0.25, 0.3) is 5.56 Å². The Bertz CT molecular complexity index is 1260. The van der Waals surface area contributed by atoms with E-state index in [0.29, 0.717) is 19.6 Å². The highest BCUT2D eigenvalue weighted by Crippen LogP contribution is 2.39. The van der Waals surface area contributed by atoms with E-state index in [2.05, 4.69) is 4.90 Å². The number of rotatable bonds is 6. The Balaban J connectivity index is 1.47. The number of hydrogen-bond acceptors (Lipinski definition) is 6. The number of carbonyl (C=O) groups excluding carboxylic acids is 3. The predicted octanol–water partition coefficient (Wildman–Crippen LogP) is 2.33. The summed E-state index contributed by atoms with van der Waals surface area (Å²) in [5.41, 5.74) is 0.415. The van der Waals surface area contributed by atoms with Crippen LogP contribution in [0.1, 0.15) is 37.4 Å².